The molecule has 4 heterocycles. The second-order valence-electron chi connectivity index (χ2n) is 14.2. The highest BCUT2D eigenvalue weighted by molar-refractivity contribution is 7.02. The van der Waals surface area contributed by atoms with E-state index in [0.717, 1.165) is 22.9 Å². The van der Waals surface area contributed by atoms with Gasteiger partial charge < -0.3 is 14.5 Å². The van der Waals surface area contributed by atoms with Crippen LogP contribution in [0.25, 0.3) is 11.1 Å². The van der Waals surface area contributed by atoms with Crippen LogP contribution in [0, 0.1) is 0 Å². The predicted octanol–water partition coefficient (Wildman–Crippen LogP) is 7.84. The van der Waals surface area contributed by atoms with Crippen molar-refractivity contribution in [3.8, 4) is 22.6 Å². The molecule has 0 amide bonds. The summed E-state index contributed by atoms with van der Waals surface area (Å²) in [4.78, 5) is 4.97. The van der Waals surface area contributed by atoms with Gasteiger partial charge in [-0.15, -0.1) is 0 Å². The van der Waals surface area contributed by atoms with Crippen molar-refractivity contribution in [3.05, 3.63) is 163 Å². The standard InChI is InChI=1S/C45H31BN2OSi/c1-45(2)32-19-9-11-22-38(32)49-44-33(45)24-25-34-41(44)31-18-13-21-37-42(31)46(34)35-26-30(27-40-43(35)48(37)36-20-10-12-23-39(36)50-40)47(28-14-5-3-6-15-28)29-16-7-4-8-17-29/h3-27H,1-2H3. The van der Waals surface area contributed by atoms with Crippen molar-refractivity contribution in [2.24, 2.45) is 0 Å². The third-order valence-electron chi connectivity index (χ3n) is 11.2. The van der Waals surface area contributed by atoms with Gasteiger partial charge in [0.15, 0.2) is 0 Å². The number of nitrogens with zero attached hydrogens (tertiary/aromatic N) is 2. The van der Waals surface area contributed by atoms with Gasteiger partial charge in [0.05, 0.1) is 0 Å². The molecule has 0 saturated heterocycles. The highest BCUT2D eigenvalue weighted by atomic mass is 28.2. The number of benzene rings is 7. The molecule has 0 bridgehead atoms. The first-order valence-electron chi connectivity index (χ1n) is 17.4. The van der Waals surface area contributed by atoms with E-state index in [2.05, 4.69) is 175 Å². The Balaban J connectivity index is 1.21. The summed E-state index contributed by atoms with van der Waals surface area (Å²) in [6, 6.07) is 55.6. The maximum absolute atomic E-state index is 6.96. The van der Waals surface area contributed by atoms with Gasteiger partial charge in [0.25, 0.3) is 0 Å². The topological polar surface area (TPSA) is 15.7 Å². The van der Waals surface area contributed by atoms with Crippen LogP contribution in [0.5, 0.6) is 11.5 Å². The molecule has 4 aliphatic rings. The molecule has 3 nitrogen and oxygen atoms in total. The van der Waals surface area contributed by atoms with Gasteiger partial charge in [-0.1, -0.05) is 116 Å². The number of fused-ring (bicyclic) bond motifs is 10. The monoisotopic (exact) mass is 654 g/mol. The molecule has 0 fully saturated rings. The average molecular weight is 655 g/mol. The predicted molar refractivity (Wildman–Crippen MR) is 210 cm³/mol. The van der Waals surface area contributed by atoms with E-state index in [1.807, 2.05) is 0 Å². The van der Waals surface area contributed by atoms with Gasteiger partial charge in [-0.3, -0.25) is 0 Å². The average Bonchev–Trinajstić information content (AvgIpc) is 3.50. The molecule has 0 atom stereocenters. The first-order chi connectivity index (χ1) is 24.6. The highest BCUT2D eigenvalue weighted by Gasteiger charge is 2.48. The van der Waals surface area contributed by atoms with E-state index in [-0.39, 0.29) is 12.1 Å². The summed E-state index contributed by atoms with van der Waals surface area (Å²) >= 11 is 0. The largest absolute Gasteiger partial charge is 0.456 e. The Morgan fingerprint density at radius 2 is 1.30 bits per heavy atom. The van der Waals surface area contributed by atoms with Gasteiger partial charge in [-0.25, -0.2) is 0 Å². The second kappa shape index (κ2) is 10.1. The maximum Gasteiger partial charge on any atom is 0.248 e. The first-order valence-corrected chi connectivity index (χ1v) is 18.4. The van der Waals surface area contributed by atoms with Crippen LogP contribution in [0.2, 0.25) is 0 Å². The summed E-state index contributed by atoms with van der Waals surface area (Å²) in [6.45, 7) is 4.75. The fourth-order valence-corrected chi connectivity index (χ4v) is 10.4. The Labute approximate surface area is 295 Å². The molecule has 0 unspecified atom stereocenters. The van der Waals surface area contributed by atoms with Gasteiger partial charge in [0.2, 0.25) is 6.71 Å². The number of rotatable bonds is 3. The van der Waals surface area contributed by atoms with Crippen LogP contribution in [0.1, 0.15) is 25.0 Å². The van der Waals surface area contributed by atoms with Crippen LogP contribution >= 0.6 is 0 Å². The number of para-hydroxylation sites is 4. The van der Waals surface area contributed by atoms with Crippen LogP contribution in [0.4, 0.5) is 34.1 Å². The molecule has 7 aromatic rings. The van der Waals surface area contributed by atoms with Gasteiger partial charge in [-0.05, 0) is 81.5 Å². The fourth-order valence-electron chi connectivity index (χ4n) is 9.02. The van der Waals surface area contributed by atoms with Crippen LogP contribution in [-0.2, 0) is 5.41 Å². The van der Waals surface area contributed by atoms with Crippen LogP contribution in [-0.4, -0.2) is 16.2 Å². The lowest BCUT2D eigenvalue weighted by Crippen LogP contribution is -2.59. The van der Waals surface area contributed by atoms with E-state index in [0.29, 0.717) is 9.52 Å². The zero-order valence-corrected chi connectivity index (χ0v) is 28.8. The van der Waals surface area contributed by atoms with Gasteiger partial charge >= 0.3 is 0 Å². The van der Waals surface area contributed by atoms with E-state index in [1.54, 1.807) is 0 Å². The van der Waals surface area contributed by atoms with Crippen molar-refractivity contribution >= 4 is 77.1 Å². The number of hydrogen-bond acceptors (Lipinski definition) is 3. The molecule has 2 radical (unpaired) electrons. The molecule has 11 rings (SSSR count). The van der Waals surface area contributed by atoms with Gasteiger partial charge in [-0.2, -0.15) is 0 Å². The summed E-state index contributed by atoms with van der Waals surface area (Å²) in [7, 11) is 0.550. The molecule has 0 spiro atoms. The third kappa shape index (κ3) is 3.70. The van der Waals surface area contributed by atoms with Gasteiger partial charge in [0, 0.05) is 56.2 Å². The van der Waals surface area contributed by atoms with Crippen molar-refractivity contribution in [3.63, 3.8) is 0 Å². The van der Waals surface area contributed by atoms with E-state index in [1.165, 1.54) is 71.8 Å². The molecular formula is C45H31BN2OSi. The Hall–Kier alpha value is -5.78. The Morgan fingerprint density at radius 1 is 0.600 bits per heavy atom. The minimum Gasteiger partial charge on any atom is -0.456 e. The Morgan fingerprint density at radius 3 is 2.10 bits per heavy atom. The molecule has 5 heteroatoms. The smallest absolute Gasteiger partial charge is 0.248 e. The van der Waals surface area contributed by atoms with Crippen molar-refractivity contribution in [1.82, 2.24) is 0 Å². The van der Waals surface area contributed by atoms with Crippen molar-refractivity contribution < 1.29 is 4.74 Å². The number of ether oxygens (including phenoxy) is 1. The lowest BCUT2D eigenvalue weighted by atomic mass is 9.37. The quantitative estimate of drug-likeness (QED) is 0.181. The molecular weight excluding hydrogens is 623 g/mol. The Bertz CT molecular complexity index is 2510. The van der Waals surface area contributed by atoms with Crippen LogP contribution in [0.3, 0.4) is 0 Å². The third-order valence-corrected chi connectivity index (χ3v) is 12.5. The lowest BCUT2D eigenvalue weighted by molar-refractivity contribution is 0.420. The number of anilines is 6. The molecule has 0 N–H and O–H groups in total. The highest BCUT2D eigenvalue weighted by Crippen LogP contribution is 2.52. The van der Waals surface area contributed by atoms with Gasteiger partial charge in [0.1, 0.15) is 21.0 Å². The summed E-state index contributed by atoms with van der Waals surface area (Å²) in [5, 5.41) is 2.75. The first kappa shape index (κ1) is 28.1. The zero-order chi connectivity index (χ0) is 33.1. The summed E-state index contributed by atoms with van der Waals surface area (Å²) in [5.41, 5.74) is 16.2. The molecule has 0 saturated carbocycles. The molecule has 0 aromatic heterocycles. The zero-order valence-electron chi connectivity index (χ0n) is 27.8. The molecule has 0 aliphatic carbocycles. The molecule has 234 valence electrons. The summed E-state index contributed by atoms with van der Waals surface area (Å²) in [5.74, 6) is 1.96. The van der Waals surface area contributed by atoms with E-state index in [4.69, 9.17) is 4.74 Å². The van der Waals surface area contributed by atoms with Crippen molar-refractivity contribution in [1.29, 1.82) is 0 Å². The minimum atomic E-state index is -0.186. The lowest BCUT2D eigenvalue weighted by Gasteiger charge is -2.42. The maximum atomic E-state index is 6.96. The minimum absolute atomic E-state index is 0.0822. The van der Waals surface area contributed by atoms with Crippen molar-refractivity contribution in [2.75, 3.05) is 9.80 Å². The SMILES string of the molecule is CC1(C)c2ccccc2Oc2c1ccc1c2-c2cccc3c2B1c1cc(N(c2ccccc2)c2ccccc2)cc2c1N3c1ccccc1[Si]2. The molecule has 7 aromatic carbocycles. The fraction of sp³-hybridized carbons (Fsp3) is 0.0667. The number of hydrogen-bond donors (Lipinski definition) is 0. The summed E-state index contributed by atoms with van der Waals surface area (Å²) in [6.07, 6.45) is 0. The second-order valence-corrected chi connectivity index (χ2v) is 15.5. The normalized spacial score (nSPS) is 14.8. The molecule has 50 heavy (non-hydrogen) atoms. The van der Waals surface area contributed by atoms with E-state index >= 15 is 0 Å². The Kier molecular flexibility index (Phi) is 5.69. The van der Waals surface area contributed by atoms with Crippen LogP contribution < -0.4 is 41.3 Å². The molecule has 4 aliphatic heterocycles. The van der Waals surface area contributed by atoms with E-state index in [9.17, 15) is 0 Å². The van der Waals surface area contributed by atoms with Crippen molar-refractivity contribution in [2.45, 2.75) is 19.3 Å². The van der Waals surface area contributed by atoms with E-state index < -0.39 is 0 Å². The summed E-state index contributed by atoms with van der Waals surface area (Å²) < 4.78 is 6.96. The van der Waals surface area contributed by atoms with Crippen LogP contribution in [0.15, 0.2) is 152 Å².